The van der Waals surface area contributed by atoms with E-state index in [4.69, 9.17) is 0 Å². The number of hydrogen-bond acceptors (Lipinski definition) is 2. The minimum Gasteiger partial charge on any atom is -0.355 e. The molecule has 0 amide bonds. The van der Waals surface area contributed by atoms with Crippen molar-refractivity contribution in [3.63, 3.8) is 0 Å². The fourth-order valence-electron chi connectivity index (χ4n) is 1.69. The maximum absolute atomic E-state index is 4.56. The molecule has 0 saturated heterocycles. The van der Waals surface area contributed by atoms with Crippen molar-refractivity contribution in [1.82, 2.24) is 4.98 Å². The first kappa shape index (κ1) is 13.6. The van der Waals surface area contributed by atoms with Gasteiger partial charge in [-0.1, -0.05) is 28.1 Å². The summed E-state index contributed by atoms with van der Waals surface area (Å²) < 4.78 is 2.15. The number of pyridine rings is 1. The Bertz CT molecular complexity index is 538. The molecule has 4 heteroatoms. The van der Waals surface area contributed by atoms with Crippen molar-refractivity contribution in [2.24, 2.45) is 0 Å². The summed E-state index contributed by atoms with van der Waals surface area (Å²) in [6.45, 7) is 2.85. The molecule has 0 atom stereocenters. The first-order chi connectivity index (χ1) is 8.56. The van der Waals surface area contributed by atoms with E-state index in [0.29, 0.717) is 0 Å². The minimum absolute atomic E-state index is 0.849. The van der Waals surface area contributed by atoms with Crippen LogP contribution >= 0.6 is 31.9 Å². The van der Waals surface area contributed by atoms with Crippen LogP contribution in [0.4, 0.5) is 5.82 Å². The molecule has 0 radical (unpaired) electrons. The average molecular weight is 370 g/mol. The summed E-state index contributed by atoms with van der Waals surface area (Å²) in [6.07, 6.45) is 0. The Hall–Kier alpha value is -0.870. The van der Waals surface area contributed by atoms with Gasteiger partial charge in [-0.25, -0.2) is 4.98 Å². The standard InChI is InChI=1S/C14H14Br2N2/c1-10-13(16)7-8-14(17-10)18(2)9-11-3-5-12(15)6-4-11/h3-8H,9H2,1-2H3. The smallest absolute Gasteiger partial charge is 0.128 e. The molecule has 0 aliphatic heterocycles. The van der Waals surface area contributed by atoms with Gasteiger partial charge in [0, 0.05) is 22.5 Å². The van der Waals surface area contributed by atoms with Crippen molar-refractivity contribution in [3.8, 4) is 0 Å². The monoisotopic (exact) mass is 368 g/mol. The van der Waals surface area contributed by atoms with E-state index in [2.05, 4.69) is 73.1 Å². The van der Waals surface area contributed by atoms with Gasteiger partial charge < -0.3 is 4.90 Å². The number of aryl methyl sites for hydroxylation is 1. The van der Waals surface area contributed by atoms with E-state index in [1.807, 2.05) is 19.1 Å². The molecule has 0 fully saturated rings. The zero-order chi connectivity index (χ0) is 13.1. The van der Waals surface area contributed by atoms with E-state index in [0.717, 1.165) is 27.0 Å². The number of anilines is 1. The SMILES string of the molecule is Cc1nc(N(C)Cc2ccc(Br)cc2)ccc1Br. The third kappa shape index (κ3) is 3.33. The van der Waals surface area contributed by atoms with Crippen LogP contribution in [-0.2, 0) is 6.54 Å². The molecule has 94 valence electrons. The molecule has 2 aromatic rings. The lowest BCUT2D eigenvalue weighted by Crippen LogP contribution is -2.17. The van der Waals surface area contributed by atoms with Gasteiger partial charge in [0.25, 0.3) is 0 Å². The highest BCUT2D eigenvalue weighted by Gasteiger charge is 2.05. The summed E-state index contributed by atoms with van der Waals surface area (Å²) in [4.78, 5) is 6.70. The lowest BCUT2D eigenvalue weighted by molar-refractivity contribution is 0.891. The van der Waals surface area contributed by atoms with E-state index < -0.39 is 0 Å². The second-order valence-corrected chi connectivity index (χ2v) is 5.99. The minimum atomic E-state index is 0.849. The predicted molar refractivity (Wildman–Crippen MR) is 82.9 cm³/mol. The Morgan fingerprint density at radius 2 is 1.72 bits per heavy atom. The molecule has 1 heterocycles. The van der Waals surface area contributed by atoms with Crippen molar-refractivity contribution in [2.45, 2.75) is 13.5 Å². The summed E-state index contributed by atoms with van der Waals surface area (Å²) >= 11 is 6.91. The Balaban J connectivity index is 2.13. The second-order valence-electron chi connectivity index (χ2n) is 4.22. The summed E-state index contributed by atoms with van der Waals surface area (Å²) in [5, 5.41) is 0. The van der Waals surface area contributed by atoms with Crippen molar-refractivity contribution >= 4 is 37.7 Å². The summed E-state index contributed by atoms with van der Waals surface area (Å²) in [5.74, 6) is 0.985. The fraction of sp³-hybridized carbons (Fsp3) is 0.214. The number of aromatic nitrogens is 1. The van der Waals surface area contributed by atoms with Gasteiger partial charge in [0.1, 0.15) is 5.82 Å². The van der Waals surface area contributed by atoms with Gasteiger partial charge in [-0.3, -0.25) is 0 Å². The molecule has 1 aromatic carbocycles. The van der Waals surface area contributed by atoms with E-state index >= 15 is 0 Å². The number of benzene rings is 1. The topological polar surface area (TPSA) is 16.1 Å². The quantitative estimate of drug-likeness (QED) is 0.788. The zero-order valence-electron chi connectivity index (χ0n) is 10.3. The molecule has 0 aliphatic rings. The third-order valence-corrected chi connectivity index (χ3v) is 4.10. The zero-order valence-corrected chi connectivity index (χ0v) is 13.5. The van der Waals surface area contributed by atoms with Gasteiger partial charge in [0.2, 0.25) is 0 Å². The lowest BCUT2D eigenvalue weighted by Gasteiger charge is -2.19. The molecule has 1 aromatic heterocycles. The van der Waals surface area contributed by atoms with Crippen molar-refractivity contribution in [3.05, 3.63) is 56.6 Å². The van der Waals surface area contributed by atoms with E-state index in [1.165, 1.54) is 5.56 Å². The molecule has 0 spiro atoms. The van der Waals surface area contributed by atoms with Crippen LogP contribution in [0.1, 0.15) is 11.3 Å². The van der Waals surface area contributed by atoms with E-state index in [-0.39, 0.29) is 0 Å². The van der Waals surface area contributed by atoms with Gasteiger partial charge in [-0.15, -0.1) is 0 Å². The third-order valence-electron chi connectivity index (χ3n) is 2.73. The molecule has 0 aliphatic carbocycles. The molecule has 2 rings (SSSR count). The van der Waals surface area contributed by atoms with Crippen LogP contribution < -0.4 is 4.90 Å². The number of rotatable bonds is 3. The highest BCUT2D eigenvalue weighted by atomic mass is 79.9. The largest absolute Gasteiger partial charge is 0.355 e. The number of halogens is 2. The van der Waals surface area contributed by atoms with Crippen LogP contribution in [0.2, 0.25) is 0 Å². The molecular formula is C14H14Br2N2. The normalized spacial score (nSPS) is 10.4. The maximum atomic E-state index is 4.56. The number of hydrogen-bond donors (Lipinski definition) is 0. The summed E-state index contributed by atoms with van der Waals surface area (Å²) in [6, 6.07) is 12.4. The molecule has 2 nitrogen and oxygen atoms in total. The molecule has 0 bridgehead atoms. The average Bonchev–Trinajstić information content (AvgIpc) is 2.35. The van der Waals surface area contributed by atoms with Crippen LogP contribution in [0.3, 0.4) is 0 Å². The van der Waals surface area contributed by atoms with Gasteiger partial charge in [-0.05, 0) is 52.7 Å². The number of nitrogens with zero attached hydrogens (tertiary/aromatic N) is 2. The van der Waals surface area contributed by atoms with Crippen molar-refractivity contribution in [1.29, 1.82) is 0 Å². The Morgan fingerprint density at radius 3 is 2.33 bits per heavy atom. The highest BCUT2D eigenvalue weighted by Crippen LogP contribution is 2.20. The van der Waals surface area contributed by atoms with Gasteiger partial charge >= 0.3 is 0 Å². The molecular weight excluding hydrogens is 356 g/mol. The molecule has 0 saturated carbocycles. The maximum Gasteiger partial charge on any atom is 0.128 e. The summed E-state index contributed by atoms with van der Waals surface area (Å²) in [5.41, 5.74) is 2.28. The van der Waals surface area contributed by atoms with Gasteiger partial charge in [0.05, 0.1) is 5.69 Å². The second kappa shape index (κ2) is 5.85. The van der Waals surface area contributed by atoms with Crippen molar-refractivity contribution in [2.75, 3.05) is 11.9 Å². The van der Waals surface area contributed by atoms with Crippen LogP contribution in [0.5, 0.6) is 0 Å². The Kier molecular flexibility index (Phi) is 4.40. The Morgan fingerprint density at radius 1 is 1.06 bits per heavy atom. The Labute approximate surface area is 124 Å². The molecule has 18 heavy (non-hydrogen) atoms. The van der Waals surface area contributed by atoms with Gasteiger partial charge in [0.15, 0.2) is 0 Å². The first-order valence-electron chi connectivity index (χ1n) is 5.65. The summed E-state index contributed by atoms with van der Waals surface area (Å²) in [7, 11) is 2.05. The van der Waals surface area contributed by atoms with E-state index in [1.54, 1.807) is 0 Å². The molecule has 0 unspecified atom stereocenters. The highest BCUT2D eigenvalue weighted by molar-refractivity contribution is 9.10. The van der Waals surface area contributed by atoms with E-state index in [9.17, 15) is 0 Å². The van der Waals surface area contributed by atoms with Crippen LogP contribution in [0.25, 0.3) is 0 Å². The van der Waals surface area contributed by atoms with Gasteiger partial charge in [-0.2, -0.15) is 0 Å². The molecule has 0 N–H and O–H groups in total. The van der Waals surface area contributed by atoms with Crippen LogP contribution in [0, 0.1) is 6.92 Å². The van der Waals surface area contributed by atoms with Crippen LogP contribution in [-0.4, -0.2) is 12.0 Å². The fourth-order valence-corrected chi connectivity index (χ4v) is 2.17. The first-order valence-corrected chi connectivity index (χ1v) is 7.23. The van der Waals surface area contributed by atoms with Crippen LogP contribution in [0.15, 0.2) is 45.3 Å². The van der Waals surface area contributed by atoms with Crippen molar-refractivity contribution < 1.29 is 0 Å². The lowest BCUT2D eigenvalue weighted by atomic mass is 10.2. The predicted octanol–water partition coefficient (Wildman–Crippen LogP) is 4.55.